The number of nitrogens with zero attached hydrogens (tertiary/aromatic N) is 3. The first-order valence-corrected chi connectivity index (χ1v) is 9.52. The molecule has 2 aromatic rings. The van der Waals surface area contributed by atoms with Crippen LogP contribution in [0.4, 0.5) is 5.69 Å². The van der Waals surface area contributed by atoms with E-state index in [0.29, 0.717) is 0 Å². The molecule has 0 radical (unpaired) electrons. The molecule has 0 spiro atoms. The van der Waals surface area contributed by atoms with Crippen LogP contribution < -0.4 is 9.75 Å². The van der Waals surface area contributed by atoms with Crippen LogP contribution in [-0.2, 0) is 0 Å². The molecule has 0 N–H and O–H groups in total. The Bertz CT molecular complexity index is 860. The van der Waals surface area contributed by atoms with Crippen LogP contribution in [0, 0.1) is 0 Å². The Hall–Kier alpha value is -2.82. The lowest BCUT2D eigenvalue weighted by molar-refractivity contribution is 0.0735. The van der Waals surface area contributed by atoms with Crippen LogP contribution in [0.25, 0.3) is 0 Å². The van der Waals surface area contributed by atoms with Gasteiger partial charge < -0.3 is 9.64 Å². The SMILES string of the molecule is COc1cccc(C2CCCN2C(=O)c2ccc(N3CCC(C)=N3)cc2)c1. The Morgan fingerprint density at radius 2 is 1.96 bits per heavy atom. The van der Waals surface area contributed by atoms with Crippen molar-refractivity contribution >= 4 is 17.3 Å². The molecule has 0 aliphatic carbocycles. The van der Waals surface area contributed by atoms with Gasteiger partial charge >= 0.3 is 0 Å². The van der Waals surface area contributed by atoms with E-state index in [9.17, 15) is 4.79 Å². The summed E-state index contributed by atoms with van der Waals surface area (Å²) in [6, 6.07) is 16.0. The maximum Gasteiger partial charge on any atom is 0.254 e. The van der Waals surface area contributed by atoms with Crippen molar-refractivity contribution in [2.24, 2.45) is 5.10 Å². The van der Waals surface area contributed by atoms with E-state index in [4.69, 9.17) is 4.74 Å². The van der Waals surface area contributed by atoms with Crippen LogP contribution in [0.15, 0.2) is 53.6 Å². The van der Waals surface area contributed by atoms with Gasteiger partial charge in [-0.25, -0.2) is 0 Å². The van der Waals surface area contributed by atoms with E-state index >= 15 is 0 Å². The number of amides is 1. The number of ether oxygens (including phenoxy) is 1. The minimum absolute atomic E-state index is 0.0907. The van der Waals surface area contributed by atoms with Gasteiger partial charge in [0.1, 0.15) is 5.75 Å². The Labute approximate surface area is 160 Å². The second kappa shape index (κ2) is 7.43. The number of anilines is 1. The van der Waals surface area contributed by atoms with Crippen molar-refractivity contribution in [3.63, 3.8) is 0 Å². The average Bonchev–Trinajstić information content (AvgIpc) is 3.37. The zero-order valence-electron chi connectivity index (χ0n) is 15.9. The molecule has 0 saturated carbocycles. The van der Waals surface area contributed by atoms with E-state index in [1.807, 2.05) is 59.3 Å². The van der Waals surface area contributed by atoms with Gasteiger partial charge in [0, 0.05) is 30.8 Å². The minimum atomic E-state index is 0.0907. The van der Waals surface area contributed by atoms with Crippen LogP contribution in [0.5, 0.6) is 5.75 Å². The monoisotopic (exact) mass is 363 g/mol. The summed E-state index contributed by atoms with van der Waals surface area (Å²) in [7, 11) is 1.67. The highest BCUT2D eigenvalue weighted by molar-refractivity contribution is 5.95. The zero-order chi connectivity index (χ0) is 18.8. The highest BCUT2D eigenvalue weighted by Gasteiger charge is 2.30. The van der Waals surface area contributed by atoms with Crippen LogP contribution in [0.2, 0.25) is 0 Å². The molecule has 5 nitrogen and oxygen atoms in total. The summed E-state index contributed by atoms with van der Waals surface area (Å²) < 4.78 is 5.35. The maximum absolute atomic E-state index is 13.1. The number of hydrogen-bond acceptors (Lipinski definition) is 4. The molecule has 0 aromatic heterocycles. The largest absolute Gasteiger partial charge is 0.497 e. The van der Waals surface area contributed by atoms with Gasteiger partial charge in [-0.2, -0.15) is 5.10 Å². The second-order valence-corrected chi connectivity index (χ2v) is 7.19. The molecule has 27 heavy (non-hydrogen) atoms. The molecule has 2 heterocycles. The Balaban J connectivity index is 1.52. The number of rotatable bonds is 4. The van der Waals surface area contributed by atoms with Crippen LogP contribution >= 0.6 is 0 Å². The number of hydrazone groups is 1. The minimum Gasteiger partial charge on any atom is -0.497 e. The molecular weight excluding hydrogens is 338 g/mol. The van der Waals surface area contributed by atoms with E-state index in [1.54, 1.807) is 7.11 Å². The maximum atomic E-state index is 13.1. The molecule has 1 fully saturated rings. The zero-order valence-corrected chi connectivity index (χ0v) is 15.9. The fraction of sp³-hybridized carbons (Fsp3) is 0.364. The van der Waals surface area contributed by atoms with Crippen LogP contribution in [0.1, 0.15) is 48.1 Å². The van der Waals surface area contributed by atoms with Gasteiger partial charge in [-0.15, -0.1) is 0 Å². The predicted molar refractivity (Wildman–Crippen MR) is 108 cm³/mol. The third-order valence-electron chi connectivity index (χ3n) is 5.38. The Morgan fingerprint density at radius 1 is 1.15 bits per heavy atom. The summed E-state index contributed by atoms with van der Waals surface area (Å²) in [5.41, 5.74) is 4.05. The van der Waals surface area contributed by atoms with Gasteiger partial charge in [0.15, 0.2) is 0 Å². The molecule has 0 bridgehead atoms. The standard InChI is InChI=1S/C22H25N3O2/c1-16-12-14-25(23-16)19-10-8-17(9-11-19)22(26)24-13-4-7-21(24)18-5-3-6-20(15-18)27-2/h3,5-6,8-11,15,21H,4,7,12-14H2,1-2H3. The van der Waals surface area contributed by atoms with Gasteiger partial charge in [0.25, 0.3) is 5.91 Å². The van der Waals surface area contributed by atoms with E-state index in [-0.39, 0.29) is 11.9 Å². The third-order valence-corrected chi connectivity index (χ3v) is 5.38. The van der Waals surface area contributed by atoms with Crippen molar-refractivity contribution < 1.29 is 9.53 Å². The number of benzene rings is 2. The number of hydrogen-bond donors (Lipinski definition) is 0. The molecule has 5 heteroatoms. The van der Waals surface area contributed by atoms with Crippen LogP contribution in [-0.4, -0.2) is 36.7 Å². The van der Waals surface area contributed by atoms with Crippen molar-refractivity contribution in [2.75, 3.05) is 25.2 Å². The first kappa shape index (κ1) is 17.6. The number of carbonyl (C=O) groups is 1. The topological polar surface area (TPSA) is 45.1 Å². The lowest BCUT2D eigenvalue weighted by Gasteiger charge is -2.25. The molecular formula is C22H25N3O2. The summed E-state index contributed by atoms with van der Waals surface area (Å²) in [6.45, 7) is 3.74. The lowest BCUT2D eigenvalue weighted by Crippen LogP contribution is -2.30. The molecule has 1 unspecified atom stereocenters. The summed E-state index contributed by atoms with van der Waals surface area (Å²) in [5.74, 6) is 0.922. The summed E-state index contributed by atoms with van der Waals surface area (Å²) >= 11 is 0. The Kier molecular flexibility index (Phi) is 4.84. The smallest absolute Gasteiger partial charge is 0.254 e. The van der Waals surface area contributed by atoms with Crippen molar-refractivity contribution in [1.82, 2.24) is 4.90 Å². The summed E-state index contributed by atoms with van der Waals surface area (Å²) in [6.07, 6.45) is 3.00. The molecule has 1 atom stereocenters. The molecule has 2 aromatic carbocycles. The Morgan fingerprint density at radius 3 is 2.67 bits per heavy atom. The molecule has 1 saturated heterocycles. The predicted octanol–water partition coefficient (Wildman–Crippen LogP) is 4.26. The average molecular weight is 363 g/mol. The molecule has 1 amide bonds. The van der Waals surface area contributed by atoms with Gasteiger partial charge in [-0.3, -0.25) is 9.80 Å². The summed E-state index contributed by atoms with van der Waals surface area (Å²) in [4.78, 5) is 15.1. The molecule has 140 valence electrons. The highest BCUT2D eigenvalue weighted by atomic mass is 16.5. The van der Waals surface area contributed by atoms with Crippen molar-refractivity contribution in [2.45, 2.75) is 32.2 Å². The highest BCUT2D eigenvalue weighted by Crippen LogP contribution is 2.34. The fourth-order valence-corrected chi connectivity index (χ4v) is 3.91. The van der Waals surface area contributed by atoms with Gasteiger partial charge in [-0.05, 0) is 61.7 Å². The third kappa shape index (κ3) is 3.54. The number of likely N-dealkylation sites (tertiary alicyclic amines) is 1. The van der Waals surface area contributed by atoms with Gasteiger partial charge in [-0.1, -0.05) is 12.1 Å². The normalized spacial score (nSPS) is 19.3. The van der Waals surface area contributed by atoms with Gasteiger partial charge in [0.05, 0.1) is 18.8 Å². The van der Waals surface area contributed by atoms with E-state index < -0.39 is 0 Å². The molecule has 2 aliphatic heterocycles. The molecule has 4 rings (SSSR count). The molecule has 2 aliphatic rings. The number of carbonyl (C=O) groups excluding carboxylic acids is 1. The fourth-order valence-electron chi connectivity index (χ4n) is 3.91. The van der Waals surface area contributed by atoms with Crippen molar-refractivity contribution in [3.05, 3.63) is 59.7 Å². The quantitative estimate of drug-likeness (QED) is 0.815. The lowest BCUT2D eigenvalue weighted by atomic mass is 10.0. The van der Waals surface area contributed by atoms with E-state index in [0.717, 1.165) is 60.6 Å². The van der Waals surface area contributed by atoms with Crippen molar-refractivity contribution in [3.8, 4) is 5.75 Å². The van der Waals surface area contributed by atoms with E-state index in [1.165, 1.54) is 0 Å². The van der Waals surface area contributed by atoms with Gasteiger partial charge in [0.2, 0.25) is 0 Å². The van der Waals surface area contributed by atoms with Crippen LogP contribution in [0.3, 0.4) is 0 Å². The first-order valence-electron chi connectivity index (χ1n) is 9.52. The second-order valence-electron chi connectivity index (χ2n) is 7.19. The van der Waals surface area contributed by atoms with Crippen molar-refractivity contribution in [1.29, 1.82) is 0 Å². The van der Waals surface area contributed by atoms with E-state index in [2.05, 4.69) is 11.2 Å². The first-order chi connectivity index (χ1) is 13.2. The summed E-state index contributed by atoms with van der Waals surface area (Å²) in [5, 5.41) is 6.52. The number of methoxy groups -OCH3 is 1.